The van der Waals surface area contributed by atoms with Gasteiger partial charge < -0.3 is 36.6 Å². The Bertz CT molecular complexity index is 671. The number of hydrogen-bond acceptors (Lipinski definition) is 7. The Kier molecular flexibility index (Phi) is 9.66. The minimum atomic E-state index is -1.65. The largest absolute Gasteiger partial charge is 0.481 e. The molecule has 1 heterocycles. The highest BCUT2D eigenvalue weighted by Crippen LogP contribution is 2.20. The maximum absolute atomic E-state index is 12.7. The lowest BCUT2D eigenvalue weighted by Crippen LogP contribution is -2.57. The number of carboxylic acid groups (broad SMARTS) is 2. The average Bonchev–Trinajstić information content (AvgIpc) is 3.18. The van der Waals surface area contributed by atoms with Gasteiger partial charge in [-0.2, -0.15) is 0 Å². The third-order valence-electron chi connectivity index (χ3n) is 5.19. The van der Waals surface area contributed by atoms with Crippen molar-refractivity contribution in [3.05, 3.63) is 0 Å². The molecule has 3 amide bonds. The molecule has 0 aromatic carbocycles. The second-order valence-electron chi connectivity index (χ2n) is 7.34. The Hall–Kier alpha value is -2.73. The second kappa shape index (κ2) is 11.5. The number of likely N-dealkylation sites (tertiary alicyclic amines) is 1. The molecule has 5 atom stereocenters. The third kappa shape index (κ3) is 6.66. The molecule has 0 radical (unpaired) electrons. The number of aliphatic carboxylic acids is 2. The molecule has 170 valence electrons. The van der Waals surface area contributed by atoms with Gasteiger partial charge in [0, 0.05) is 6.54 Å². The first-order valence-electron chi connectivity index (χ1n) is 9.75. The SMILES string of the molecule is CCC(C)C(N)C(=O)N1CCCC1C(=O)NC(CC(=O)O)C(=O)NC(CO)C(=O)O. The minimum Gasteiger partial charge on any atom is -0.481 e. The van der Waals surface area contributed by atoms with E-state index in [0.717, 1.165) is 0 Å². The van der Waals surface area contributed by atoms with Gasteiger partial charge in [0.1, 0.15) is 18.1 Å². The van der Waals surface area contributed by atoms with Gasteiger partial charge >= 0.3 is 11.9 Å². The third-order valence-corrected chi connectivity index (χ3v) is 5.19. The molecule has 0 aliphatic carbocycles. The first-order valence-corrected chi connectivity index (χ1v) is 9.75. The van der Waals surface area contributed by atoms with Crippen molar-refractivity contribution < 1.29 is 39.3 Å². The molecule has 1 aliphatic heterocycles. The predicted octanol–water partition coefficient (Wildman–Crippen LogP) is -2.13. The van der Waals surface area contributed by atoms with Gasteiger partial charge in [0.05, 0.1) is 19.1 Å². The van der Waals surface area contributed by atoms with Crippen LogP contribution >= 0.6 is 0 Å². The smallest absolute Gasteiger partial charge is 0.328 e. The van der Waals surface area contributed by atoms with Gasteiger partial charge in [-0.1, -0.05) is 20.3 Å². The Labute approximate surface area is 173 Å². The standard InChI is InChI=1S/C18H30N4O8/c1-3-9(2)14(19)17(28)22-6-4-5-12(22)16(27)20-10(7-13(24)25)15(26)21-11(8-23)18(29)30/h9-12,14,23H,3-8,19H2,1-2H3,(H,20,27)(H,21,26)(H,24,25)(H,29,30). The van der Waals surface area contributed by atoms with Crippen molar-refractivity contribution in [1.29, 1.82) is 0 Å². The number of aliphatic hydroxyl groups excluding tert-OH is 1. The van der Waals surface area contributed by atoms with E-state index in [2.05, 4.69) is 5.32 Å². The Morgan fingerprint density at radius 2 is 1.77 bits per heavy atom. The normalized spacial score (nSPS) is 20.0. The molecule has 0 aromatic heterocycles. The zero-order chi connectivity index (χ0) is 23.0. The number of nitrogens with zero attached hydrogens (tertiary/aromatic N) is 1. The molecule has 1 fully saturated rings. The Morgan fingerprint density at radius 3 is 2.27 bits per heavy atom. The van der Waals surface area contributed by atoms with Crippen LogP contribution in [0.25, 0.3) is 0 Å². The van der Waals surface area contributed by atoms with Gasteiger partial charge in [-0.25, -0.2) is 4.79 Å². The molecule has 7 N–H and O–H groups in total. The van der Waals surface area contributed by atoms with Gasteiger partial charge in [-0.05, 0) is 18.8 Å². The summed E-state index contributed by atoms with van der Waals surface area (Å²) in [5, 5.41) is 31.2. The van der Waals surface area contributed by atoms with Crippen LogP contribution in [-0.2, 0) is 24.0 Å². The number of nitrogens with one attached hydrogen (secondary N) is 2. The van der Waals surface area contributed by atoms with Crippen molar-refractivity contribution in [3.63, 3.8) is 0 Å². The summed E-state index contributed by atoms with van der Waals surface area (Å²) >= 11 is 0. The quantitative estimate of drug-likeness (QED) is 0.212. The number of aliphatic hydroxyl groups is 1. The Morgan fingerprint density at radius 1 is 1.13 bits per heavy atom. The van der Waals surface area contributed by atoms with Crippen LogP contribution in [0.5, 0.6) is 0 Å². The first-order chi connectivity index (χ1) is 14.0. The van der Waals surface area contributed by atoms with Crippen LogP contribution in [0.1, 0.15) is 39.5 Å². The van der Waals surface area contributed by atoms with E-state index in [-0.39, 0.29) is 5.92 Å². The molecule has 0 aromatic rings. The van der Waals surface area contributed by atoms with E-state index in [1.807, 2.05) is 19.2 Å². The highest BCUT2D eigenvalue weighted by molar-refractivity contribution is 5.95. The maximum Gasteiger partial charge on any atom is 0.328 e. The molecule has 0 bridgehead atoms. The summed E-state index contributed by atoms with van der Waals surface area (Å²) in [4.78, 5) is 61.1. The molecule has 5 unspecified atom stereocenters. The van der Waals surface area contributed by atoms with Crippen molar-refractivity contribution >= 4 is 29.7 Å². The monoisotopic (exact) mass is 430 g/mol. The van der Waals surface area contributed by atoms with Crippen LogP contribution in [0.4, 0.5) is 0 Å². The first kappa shape index (κ1) is 25.3. The van der Waals surface area contributed by atoms with Crippen LogP contribution in [-0.4, -0.2) is 87.2 Å². The highest BCUT2D eigenvalue weighted by atomic mass is 16.4. The number of carbonyl (C=O) groups excluding carboxylic acids is 3. The van der Waals surface area contributed by atoms with Crippen LogP contribution in [0.15, 0.2) is 0 Å². The summed E-state index contributed by atoms with van der Waals surface area (Å²) in [5.74, 6) is -5.21. The molecular formula is C18H30N4O8. The van der Waals surface area contributed by atoms with Gasteiger partial charge in [0.25, 0.3) is 0 Å². The molecular weight excluding hydrogens is 400 g/mol. The van der Waals surface area contributed by atoms with Crippen molar-refractivity contribution in [3.8, 4) is 0 Å². The minimum absolute atomic E-state index is 0.0984. The molecule has 1 rings (SSSR count). The summed E-state index contributed by atoms with van der Waals surface area (Å²) in [6.07, 6.45) is 0.732. The highest BCUT2D eigenvalue weighted by Gasteiger charge is 2.39. The molecule has 12 heteroatoms. The summed E-state index contributed by atoms with van der Waals surface area (Å²) in [6.45, 7) is 3.11. The van der Waals surface area contributed by atoms with Crippen molar-refractivity contribution in [2.45, 2.75) is 63.7 Å². The van der Waals surface area contributed by atoms with Crippen molar-refractivity contribution in [2.75, 3.05) is 13.2 Å². The van der Waals surface area contributed by atoms with E-state index in [1.165, 1.54) is 4.90 Å². The predicted molar refractivity (Wildman–Crippen MR) is 103 cm³/mol. The van der Waals surface area contributed by atoms with E-state index >= 15 is 0 Å². The van der Waals surface area contributed by atoms with Crippen molar-refractivity contribution in [1.82, 2.24) is 15.5 Å². The summed E-state index contributed by atoms with van der Waals surface area (Å²) in [6, 6.07) is -4.93. The lowest BCUT2D eigenvalue weighted by atomic mass is 9.98. The fraction of sp³-hybridized carbons (Fsp3) is 0.722. The molecule has 30 heavy (non-hydrogen) atoms. The van der Waals surface area contributed by atoms with Crippen molar-refractivity contribution in [2.24, 2.45) is 11.7 Å². The number of carbonyl (C=O) groups is 5. The van der Waals surface area contributed by atoms with Gasteiger partial charge in [-0.3, -0.25) is 19.2 Å². The van der Waals surface area contributed by atoms with E-state index < -0.39 is 66.9 Å². The fourth-order valence-electron chi connectivity index (χ4n) is 3.10. The summed E-state index contributed by atoms with van der Waals surface area (Å²) in [7, 11) is 0. The van der Waals surface area contributed by atoms with Gasteiger partial charge in [0.15, 0.2) is 0 Å². The number of hydrogen-bond donors (Lipinski definition) is 6. The van der Waals surface area contributed by atoms with Crippen LogP contribution in [0, 0.1) is 5.92 Å². The number of carboxylic acids is 2. The topological polar surface area (TPSA) is 199 Å². The fourth-order valence-corrected chi connectivity index (χ4v) is 3.10. The number of rotatable bonds is 11. The van der Waals surface area contributed by atoms with E-state index in [1.54, 1.807) is 0 Å². The summed E-state index contributed by atoms with van der Waals surface area (Å²) < 4.78 is 0. The average molecular weight is 430 g/mol. The lowest BCUT2D eigenvalue weighted by molar-refractivity contribution is -0.145. The maximum atomic E-state index is 12.7. The van der Waals surface area contributed by atoms with Gasteiger partial charge in [-0.15, -0.1) is 0 Å². The lowest BCUT2D eigenvalue weighted by Gasteiger charge is -2.29. The van der Waals surface area contributed by atoms with E-state index in [9.17, 15) is 24.0 Å². The summed E-state index contributed by atoms with van der Waals surface area (Å²) in [5.41, 5.74) is 5.98. The molecule has 0 spiro atoms. The molecule has 1 aliphatic rings. The Balaban J connectivity index is 2.91. The second-order valence-corrected chi connectivity index (χ2v) is 7.34. The van der Waals surface area contributed by atoms with E-state index in [0.29, 0.717) is 25.8 Å². The van der Waals surface area contributed by atoms with Gasteiger partial charge in [0.2, 0.25) is 17.7 Å². The zero-order valence-electron chi connectivity index (χ0n) is 17.0. The van der Waals surface area contributed by atoms with E-state index in [4.69, 9.17) is 21.1 Å². The zero-order valence-corrected chi connectivity index (χ0v) is 17.0. The van der Waals surface area contributed by atoms with Crippen LogP contribution in [0.3, 0.4) is 0 Å². The molecule has 12 nitrogen and oxygen atoms in total. The number of amides is 3. The van der Waals surface area contributed by atoms with Crippen LogP contribution < -0.4 is 16.4 Å². The van der Waals surface area contributed by atoms with Crippen LogP contribution in [0.2, 0.25) is 0 Å². The molecule has 0 saturated carbocycles. The molecule has 1 saturated heterocycles. The number of nitrogens with two attached hydrogens (primary N) is 1.